The molecule has 0 spiro atoms. The number of aromatic nitrogens is 3. The molecule has 2 aromatic heterocycles. The van der Waals surface area contributed by atoms with Gasteiger partial charge in [-0.2, -0.15) is 0 Å². The number of amides is 3. The van der Waals surface area contributed by atoms with Crippen LogP contribution in [0, 0.1) is 5.92 Å². The fourth-order valence-electron chi connectivity index (χ4n) is 6.86. The van der Waals surface area contributed by atoms with E-state index in [0.29, 0.717) is 48.7 Å². The number of rotatable bonds is 9. The van der Waals surface area contributed by atoms with Crippen molar-refractivity contribution in [2.24, 2.45) is 5.92 Å². The van der Waals surface area contributed by atoms with Gasteiger partial charge in [0.2, 0.25) is 17.7 Å². The van der Waals surface area contributed by atoms with E-state index in [9.17, 15) is 19.2 Å². The Bertz CT molecular complexity index is 1780. The largest absolute Gasteiger partial charge is 0.338 e. The number of fused-ring (bicyclic) bond motifs is 1. The summed E-state index contributed by atoms with van der Waals surface area (Å²) in [7, 11) is 0. The first-order valence-electron chi connectivity index (χ1n) is 16.6. The summed E-state index contributed by atoms with van der Waals surface area (Å²) < 4.78 is 0. The highest BCUT2D eigenvalue weighted by Crippen LogP contribution is 2.31. The Morgan fingerprint density at radius 3 is 2.34 bits per heavy atom. The van der Waals surface area contributed by atoms with E-state index < -0.39 is 6.04 Å². The topological polar surface area (TPSA) is 140 Å². The van der Waals surface area contributed by atoms with Crippen LogP contribution in [-0.4, -0.2) is 80.0 Å². The molecule has 4 aromatic rings. The van der Waals surface area contributed by atoms with E-state index in [1.54, 1.807) is 29.4 Å². The number of Topliss-reactive ketones (excluding diaryl/α,β-unsaturated/α-hetero) is 1. The van der Waals surface area contributed by atoms with Gasteiger partial charge in [-0.3, -0.25) is 29.1 Å². The van der Waals surface area contributed by atoms with Crippen molar-refractivity contribution >= 4 is 45.9 Å². The Hall–Kier alpha value is -4.90. The summed E-state index contributed by atoms with van der Waals surface area (Å²) in [6.45, 7) is 1.52. The number of aromatic amines is 1. The van der Waals surface area contributed by atoms with Crippen LogP contribution in [0.25, 0.3) is 22.4 Å². The third-order valence-electron chi connectivity index (χ3n) is 9.71. The molecule has 2 unspecified atom stereocenters. The van der Waals surface area contributed by atoms with Crippen LogP contribution < -0.4 is 10.6 Å². The highest BCUT2D eigenvalue weighted by Gasteiger charge is 2.37. The number of carbonyl (C=O) groups is 4. The summed E-state index contributed by atoms with van der Waals surface area (Å²) in [5.74, 6) is 0.553. The molecule has 1 saturated carbocycles. The summed E-state index contributed by atoms with van der Waals surface area (Å²) in [6, 6.07) is 15.7. The molecule has 11 nitrogen and oxygen atoms in total. The minimum atomic E-state index is -0.435. The van der Waals surface area contributed by atoms with Crippen molar-refractivity contribution in [3.63, 3.8) is 0 Å². The normalized spacial score (nSPS) is 20.1. The molecular weight excluding hydrogens is 594 g/mol. The van der Waals surface area contributed by atoms with Crippen LogP contribution >= 0.6 is 0 Å². The number of ketones is 1. The van der Waals surface area contributed by atoms with Gasteiger partial charge in [-0.25, -0.2) is 4.98 Å². The van der Waals surface area contributed by atoms with Crippen LogP contribution in [-0.2, 0) is 14.4 Å². The molecule has 2 saturated heterocycles. The molecule has 1 aliphatic carbocycles. The monoisotopic (exact) mass is 633 g/mol. The van der Waals surface area contributed by atoms with E-state index in [2.05, 4.69) is 20.6 Å². The predicted octanol–water partition coefficient (Wildman–Crippen LogP) is 5.03. The zero-order chi connectivity index (χ0) is 32.3. The third kappa shape index (κ3) is 6.66. The summed E-state index contributed by atoms with van der Waals surface area (Å²) in [5.41, 5.74) is 4.25. The molecule has 3 fully saturated rings. The fourth-order valence-corrected chi connectivity index (χ4v) is 6.86. The lowest BCUT2D eigenvalue weighted by atomic mass is 9.83. The molecule has 242 valence electrons. The van der Waals surface area contributed by atoms with Crippen LogP contribution in [0.4, 0.5) is 11.4 Å². The molecular formula is C36H39N7O4. The molecule has 7 rings (SSSR count). The smallest absolute Gasteiger partial charge is 0.247 e. The maximum atomic E-state index is 13.3. The molecule has 47 heavy (non-hydrogen) atoms. The van der Waals surface area contributed by atoms with Crippen molar-refractivity contribution in [3.05, 3.63) is 72.6 Å². The molecule has 3 amide bonds. The van der Waals surface area contributed by atoms with Crippen LogP contribution in [0.1, 0.15) is 61.7 Å². The van der Waals surface area contributed by atoms with E-state index in [-0.39, 0.29) is 42.0 Å². The zero-order valence-electron chi connectivity index (χ0n) is 26.3. The van der Waals surface area contributed by atoms with Crippen molar-refractivity contribution in [3.8, 4) is 11.4 Å². The van der Waals surface area contributed by atoms with E-state index >= 15 is 0 Å². The predicted molar refractivity (Wildman–Crippen MR) is 179 cm³/mol. The maximum absolute atomic E-state index is 13.3. The van der Waals surface area contributed by atoms with Crippen LogP contribution in [0.5, 0.6) is 0 Å². The summed E-state index contributed by atoms with van der Waals surface area (Å²) in [6.07, 6.45) is 10.2. The van der Waals surface area contributed by atoms with Crippen molar-refractivity contribution < 1.29 is 19.2 Å². The number of piperidine rings is 1. The Labute approximate surface area is 273 Å². The number of hydrogen-bond donors (Lipinski definition) is 3. The number of carbonyl (C=O) groups excluding carboxylic acids is 4. The first-order chi connectivity index (χ1) is 22.9. The van der Waals surface area contributed by atoms with Crippen molar-refractivity contribution in [1.82, 2.24) is 24.8 Å². The minimum Gasteiger partial charge on any atom is -0.338 e. The number of H-pyrrole nitrogens is 1. The Morgan fingerprint density at radius 1 is 0.809 bits per heavy atom. The van der Waals surface area contributed by atoms with Gasteiger partial charge in [0.15, 0.2) is 5.78 Å². The molecule has 11 heteroatoms. The number of likely N-dealkylation sites (tertiary alicyclic amines) is 2. The van der Waals surface area contributed by atoms with Gasteiger partial charge in [-0.15, -0.1) is 0 Å². The van der Waals surface area contributed by atoms with Crippen LogP contribution in [0.15, 0.2) is 67.0 Å². The molecule has 3 N–H and O–H groups in total. The number of pyridine rings is 1. The van der Waals surface area contributed by atoms with Gasteiger partial charge in [0.25, 0.3) is 0 Å². The van der Waals surface area contributed by atoms with E-state index in [0.717, 1.165) is 55.1 Å². The highest BCUT2D eigenvalue weighted by atomic mass is 16.2. The average molecular weight is 634 g/mol. The molecule has 0 bridgehead atoms. The molecule has 0 radical (unpaired) electrons. The Balaban J connectivity index is 0.976. The van der Waals surface area contributed by atoms with Gasteiger partial charge in [-0.05, 0) is 106 Å². The number of imidazole rings is 1. The second-order valence-electron chi connectivity index (χ2n) is 12.8. The van der Waals surface area contributed by atoms with E-state index in [4.69, 9.17) is 4.98 Å². The van der Waals surface area contributed by atoms with Gasteiger partial charge in [0, 0.05) is 47.4 Å². The van der Waals surface area contributed by atoms with Crippen LogP contribution in [0.2, 0.25) is 0 Å². The standard InChI is InChI=1S/C36H39N7O4/c44-32(25-8-4-17-37-21-25)22-42-18-5-10-30(42)34(45)38-26-13-11-23(12-14-26)33-40-28-16-15-27(20-29(28)41-33)39-35(46)31-9-1-2-19-43(31)36(47)24-6-3-7-24/h4,8,11-17,20-21,24,30-31H,1-3,5-7,9-10,18-19,22H2,(H,38,45)(H,39,46)(H,40,41). The number of nitrogens with one attached hydrogen (secondary N) is 3. The Kier molecular flexibility index (Phi) is 8.80. The molecule has 2 aliphatic heterocycles. The molecule has 3 aliphatic rings. The quantitative estimate of drug-likeness (QED) is 0.220. The first kappa shape index (κ1) is 30.7. The van der Waals surface area contributed by atoms with Crippen molar-refractivity contribution in [2.75, 3.05) is 30.3 Å². The van der Waals surface area contributed by atoms with Crippen molar-refractivity contribution in [2.45, 2.75) is 63.5 Å². The maximum Gasteiger partial charge on any atom is 0.247 e. The van der Waals surface area contributed by atoms with Gasteiger partial charge in [0.05, 0.1) is 23.6 Å². The first-order valence-corrected chi connectivity index (χ1v) is 16.6. The summed E-state index contributed by atoms with van der Waals surface area (Å²) >= 11 is 0. The van der Waals surface area contributed by atoms with Crippen molar-refractivity contribution in [1.29, 1.82) is 0 Å². The molecule has 4 heterocycles. The zero-order valence-corrected chi connectivity index (χ0v) is 26.3. The van der Waals surface area contributed by atoms with Gasteiger partial charge >= 0.3 is 0 Å². The van der Waals surface area contributed by atoms with Crippen LogP contribution in [0.3, 0.4) is 0 Å². The van der Waals surface area contributed by atoms with Gasteiger partial charge in [0.1, 0.15) is 11.9 Å². The number of anilines is 2. The minimum absolute atomic E-state index is 0.0472. The second kappa shape index (κ2) is 13.4. The number of benzene rings is 2. The lowest BCUT2D eigenvalue weighted by Crippen LogP contribution is -2.52. The van der Waals surface area contributed by atoms with E-state index in [1.165, 1.54) is 0 Å². The number of hydrogen-bond acceptors (Lipinski definition) is 7. The number of nitrogens with zero attached hydrogens (tertiary/aromatic N) is 4. The van der Waals surface area contributed by atoms with E-state index in [1.807, 2.05) is 47.4 Å². The lowest BCUT2D eigenvalue weighted by Gasteiger charge is -2.39. The second-order valence-corrected chi connectivity index (χ2v) is 12.8. The SMILES string of the molecule is O=C(CN1CCCC1C(=O)Nc1ccc(-c2nc3ccc(NC(=O)C4CCCCN4C(=O)C4CCC4)cc3[nH]2)cc1)c1cccnc1. The van der Waals surface area contributed by atoms with Gasteiger partial charge in [-0.1, -0.05) is 6.42 Å². The molecule has 2 aromatic carbocycles. The lowest BCUT2D eigenvalue weighted by molar-refractivity contribution is -0.146. The summed E-state index contributed by atoms with van der Waals surface area (Å²) in [5, 5.41) is 6.05. The average Bonchev–Trinajstić information content (AvgIpc) is 3.71. The summed E-state index contributed by atoms with van der Waals surface area (Å²) in [4.78, 5) is 68.0. The van der Waals surface area contributed by atoms with Gasteiger partial charge < -0.3 is 20.5 Å². The fraction of sp³-hybridized carbons (Fsp3) is 0.389. The highest BCUT2D eigenvalue weighted by molar-refractivity contribution is 6.00. The Morgan fingerprint density at radius 2 is 1.57 bits per heavy atom. The molecule has 2 atom stereocenters. The third-order valence-corrected chi connectivity index (χ3v) is 9.71.